The van der Waals surface area contributed by atoms with Crippen LogP contribution in [0.5, 0.6) is 5.75 Å². The molecule has 17 heavy (non-hydrogen) atoms. The van der Waals surface area contributed by atoms with E-state index in [1.54, 1.807) is 12.1 Å². The SMILES string of the molecule is CCC(C)N1CCN(c2ccc(O)cc2)CC1. The molecular weight excluding hydrogens is 212 g/mol. The van der Waals surface area contributed by atoms with Crippen molar-refractivity contribution in [1.29, 1.82) is 0 Å². The average molecular weight is 234 g/mol. The number of piperazine rings is 1. The van der Waals surface area contributed by atoms with Crippen molar-refractivity contribution in [3.05, 3.63) is 24.3 Å². The van der Waals surface area contributed by atoms with E-state index in [0.717, 1.165) is 26.2 Å². The maximum Gasteiger partial charge on any atom is 0.115 e. The molecule has 1 aliphatic heterocycles. The molecule has 1 atom stereocenters. The Kier molecular flexibility index (Phi) is 3.89. The molecule has 3 nitrogen and oxygen atoms in total. The van der Waals surface area contributed by atoms with E-state index in [-0.39, 0.29) is 0 Å². The number of hydrogen-bond acceptors (Lipinski definition) is 3. The van der Waals surface area contributed by atoms with E-state index in [9.17, 15) is 5.11 Å². The van der Waals surface area contributed by atoms with Crippen molar-refractivity contribution < 1.29 is 5.11 Å². The summed E-state index contributed by atoms with van der Waals surface area (Å²) in [5.74, 6) is 0.340. The third-order valence-corrected chi connectivity index (χ3v) is 3.74. The molecular formula is C14H22N2O. The predicted octanol–water partition coefficient (Wildman–Crippen LogP) is 2.31. The standard InChI is InChI=1S/C14H22N2O/c1-3-12(2)15-8-10-16(11-9-15)13-4-6-14(17)7-5-13/h4-7,12,17H,3,8-11H2,1-2H3. The molecule has 1 aliphatic rings. The number of benzene rings is 1. The molecule has 0 aliphatic carbocycles. The lowest BCUT2D eigenvalue weighted by Crippen LogP contribution is -2.49. The number of phenolic OH excluding ortho intramolecular Hbond substituents is 1. The molecule has 0 radical (unpaired) electrons. The van der Waals surface area contributed by atoms with Gasteiger partial charge in [-0.15, -0.1) is 0 Å². The Morgan fingerprint density at radius 2 is 1.71 bits per heavy atom. The van der Waals surface area contributed by atoms with Gasteiger partial charge in [0, 0.05) is 37.9 Å². The van der Waals surface area contributed by atoms with E-state index in [0.29, 0.717) is 11.8 Å². The van der Waals surface area contributed by atoms with E-state index < -0.39 is 0 Å². The third-order valence-electron chi connectivity index (χ3n) is 3.74. The minimum absolute atomic E-state index is 0.340. The number of nitrogens with zero attached hydrogens (tertiary/aromatic N) is 2. The highest BCUT2D eigenvalue weighted by molar-refractivity contribution is 5.49. The van der Waals surface area contributed by atoms with Gasteiger partial charge in [-0.2, -0.15) is 0 Å². The van der Waals surface area contributed by atoms with Crippen molar-refractivity contribution in [1.82, 2.24) is 4.90 Å². The molecule has 1 aromatic rings. The Bertz CT molecular complexity index is 342. The Morgan fingerprint density at radius 3 is 2.24 bits per heavy atom. The van der Waals surface area contributed by atoms with Crippen LogP contribution in [0.25, 0.3) is 0 Å². The summed E-state index contributed by atoms with van der Waals surface area (Å²) in [6.07, 6.45) is 1.22. The van der Waals surface area contributed by atoms with Crippen molar-refractivity contribution in [3.8, 4) is 5.75 Å². The van der Waals surface area contributed by atoms with Crippen molar-refractivity contribution in [2.24, 2.45) is 0 Å². The zero-order chi connectivity index (χ0) is 12.3. The molecule has 0 amide bonds. The van der Waals surface area contributed by atoms with Crippen molar-refractivity contribution >= 4 is 5.69 Å². The van der Waals surface area contributed by atoms with Gasteiger partial charge in [-0.3, -0.25) is 4.90 Å². The van der Waals surface area contributed by atoms with Crippen LogP contribution in [0.1, 0.15) is 20.3 Å². The fourth-order valence-electron chi connectivity index (χ4n) is 2.34. The summed E-state index contributed by atoms with van der Waals surface area (Å²) in [5.41, 5.74) is 1.21. The number of phenols is 1. The minimum Gasteiger partial charge on any atom is -0.508 e. The van der Waals surface area contributed by atoms with Crippen LogP contribution >= 0.6 is 0 Å². The molecule has 1 aromatic carbocycles. The Balaban J connectivity index is 1.93. The predicted molar refractivity (Wildman–Crippen MR) is 71.6 cm³/mol. The Labute approximate surface area is 104 Å². The molecule has 94 valence electrons. The molecule has 1 N–H and O–H groups in total. The Hall–Kier alpha value is -1.22. The maximum absolute atomic E-state index is 9.28. The second kappa shape index (κ2) is 5.41. The monoisotopic (exact) mass is 234 g/mol. The first-order valence-electron chi connectivity index (χ1n) is 6.48. The van der Waals surface area contributed by atoms with E-state index in [2.05, 4.69) is 23.6 Å². The smallest absolute Gasteiger partial charge is 0.115 e. The highest BCUT2D eigenvalue weighted by atomic mass is 16.3. The highest BCUT2D eigenvalue weighted by Crippen LogP contribution is 2.20. The van der Waals surface area contributed by atoms with Gasteiger partial charge in [-0.05, 0) is 37.6 Å². The zero-order valence-electron chi connectivity index (χ0n) is 10.8. The van der Waals surface area contributed by atoms with Crippen molar-refractivity contribution in [3.63, 3.8) is 0 Å². The van der Waals surface area contributed by atoms with Gasteiger partial charge in [0.05, 0.1) is 0 Å². The van der Waals surface area contributed by atoms with Crippen molar-refractivity contribution in [2.75, 3.05) is 31.1 Å². The number of anilines is 1. The van der Waals surface area contributed by atoms with Crippen LogP contribution in [0.3, 0.4) is 0 Å². The van der Waals surface area contributed by atoms with Crippen LogP contribution in [-0.4, -0.2) is 42.2 Å². The topological polar surface area (TPSA) is 26.7 Å². The van der Waals surface area contributed by atoms with E-state index in [1.165, 1.54) is 12.1 Å². The van der Waals surface area contributed by atoms with Gasteiger partial charge in [-0.1, -0.05) is 6.92 Å². The summed E-state index contributed by atoms with van der Waals surface area (Å²) in [4.78, 5) is 4.94. The zero-order valence-corrected chi connectivity index (χ0v) is 10.8. The minimum atomic E-state index is 0.340. The molecule has 1 saturated heterocycles. The van der Waals surface area contributed by atoms with Gasteiger partial charge in [0.15, 0.2) is 0 Å². The van der Waals surface area contributed by atoms with Crippen LogP contribution in [0.15, 0.2) is 24.3 Å². The molecule has 1 fully saturated rings. The molecule has 1 unspecified atom stereocenters. The molecule has 3 heteroatoms. The van der Waals surface area contributed by atoms with Crippen LogP contribution in [0.4, 0.5) is 5.69 Å². The highest BCUT2D eigenvalue weighted by Gasteiger charge is 2.19. The summed E-state index contributed by atoms with van der Waals surface area (Å²) in [6, 6.07) is 8.20. The lowest BCUT2D eigenvalue weighted by molar-refractivity contribution is 0.193. The molecule has 1 heterocycles. The van der Waals surface area contributed by atoms with Crippen LogP contribution in [0, 0.1) is 0 Å². The molecule has 0 spiro atoms. The molecule has 0 bridgehead atoms. The van der Waals surface area contributed by atoms with Gasteiger partial charge in [-0.25, -0.2) is 0 Å². The second-order valence-electron chi connectivity index (χ2n) is 4.80. The number of aromatic hydroxyl groups is 1. The first kappa shape index (κ1) is 12.2. The maximum atomic E-state index is 9.28. The quantitative estimate of drug-likeness (QED) is 0.869. The number of rotatable bonds is 3. The molecule has 2 rings (SSSR count). The van der Waals surface area contributed by atoms with Crippen molar-refractivity contribution in [2.45, 2.75) is 26.3 Å². The van der Waals surface area contributed by atoms with E-state index >= 15 is 0 Å². The van der Waals surface area contributed by atoms with Gasteiger partial charge in [0.1, 0.15) is 5.75 Å². The summed E-state index contributed by atoms with van der Waals surface area (Å²) in [5, 5.41) is 9.28. The first-order chi connectivity index (χ1) is 8.20. The van der Waals surface area contributed by atoms with Gasteiger partial charge < -0.3 is 10.0 Å². The molecule has 0 aromatic heterocycles. The first-order valence-corrected chi connectivity index (χ1v) is 6.48. The lowest BCUT2D eigenvalue weighted by atomic mass is 10.1. The van der Waals surface area contributed by atoms with E-state index in [4.69, 9.17) is 0 Å². The number of hydrogen-bond donors (Lipinski definition) is 1. The van der Waals surface area contributed by atoms with Gasteiger partial charge in [0.25, 0.3) is 0 Å². The second-order valence-corrected chi connectivity index (χ2v) is 4.80. The van der Waals surface area contributed by atoms with Gasteiger partial charge >= 0.3 is 0 Å². The summed E-state index contributed by atoms with van der Waals surface area (Å²) in [7, 11) is 0. The normalized spacial score (nSPS) is 19.3. The Morgan fingerprint density at radius 1 is 1.12 bits per heavy atom. The summed E-state index contributed by atoms with van der Waals surface area (Å²) >= 11 is 0. The lowest BCUT2D eigenvalue weighted by Gasteiger charge is -2.39. The third kappa shape index (κ3) is 2.91. The van der Waals surface area contributed by atoms with Crippen LogP contribution in [0.2, 0.25) is 0 Å². The fourth-order valence-corrected chi connectivity index (χ4v) is 2.34. The fraction of sp³-hybridized carbons (Fsp3) is 0.571. The van der Waals surface area contributed by atoms with E-state index in [1.807, 2.05) is 12.1 Å². The van der Waals surface area contributed by atoms with Crippen LogP contribution < -0.4 is 4.90 Å². The largest absolute Gasteiger partial charge is 0.508 e. The average Bonchev–Trinajstić information content (AvgIpc) is 2.39. The summed E-state index contributed by atoms with van der Waals surface area (Å²) in [6.45, 7) is 8.98. The van der Waals surface area contributed by atoms with Gasteiger partial charge in [0.2, 0.25) is 0 Å². The van der Waals surface area contributed by atoms with Crippen LogP contribution in [-0.2, 0) is 0 Å². The summed E-state index contributed by atoms with van der Waals surface area (Å²) < 4.78 is 0. The molecule has 0 saturated carbocycles.